The molecule has 7 heteroatoms. The van der Waals surface area contributed by atoms with Gasteiger partial charge in [-0.3, -0.25) is 14.3 Å². The predicted molar refractivity (Wildman–Crippen MR) is 156 cm³/mol. The fourth-order valence-electron chi connectivity index (χ4n) is 5.52. The lowest BCUT2D eigenvalue weighted by molar-refractivity contribution is 0.131. The topological polar surface area (TPSA) is 44.2 Å². The molecular formula is C31H41N5O2. The molecule has 2 fully saturated rings. The van der Waals surface area contributed by atoms with Gasteiger partial charge in [-0.2, -0.15) is 0 Å². The molecule has 0 spiro atoms. The standard InChI is InChI=1S/C31H41N5O2/c1-4-33-17-19-34(20-18-33)24-29-28(25-11-13-27(14-12-25)38-5-2)23-30(35-21-15-32(3)16-22-35)36(31(29)37)26-9-7-6-8-10-26/h6-14,23H,4-5,15-22,24H2,1-3H3. The van der Waals surface area contributed by atoms with Gasteiger partial charge in [0.1, 0.15) is 11.6 Å². The van der Waals surface area contributed by atoms with Crippen LogP contribution in [0.25, 0.3) is 16.8 Å². The van der Waals surface area contributed by atoms with Crippen molar-refractivity contribution in [2.45, 2.75) is 20.4 Å². The van der Waals surface area contributed by atoms with Gasteiger partial charge >= 0.3 is 0 Å². The molecule has 0 N–H and O–H groups in total. The number of ether oxygens (including phenoxy) is 1. The second-order valence-electron chi connectivity index (χ2n) is 10.3. The largest absolute Gasteiger partial charge is 0.494 e. The van der Waals surface area contributed by atoms with Crippen LogP contribution >= 0.6 is 0 Å². The Morgan fingerprint density at radius 1 is 0.789 bits per heavy atom. The number of rotatable bonds is 8. The van der Waals surface area contributed by atoms with Crippen molar-refractivity contribution < 1.29 is 4.74 Å². The van der Waals surface area contributed by atoms with Gasteiger partial charge < -0.3 is 19.4 Å². The van der Waals surface area contributed by atoms with Crippen LogP contribution in [-0.2, 0) is 6.54 Å². The van der Waals surface area contributed by atoms with E-state index < -0.39 is 0 Å². The molecule has 1 aromatic heterocycles. The van der Waals surface area contributed by atoms with Crippen LogP contribution in [0.1, 0.15) is 19.4 Å². The van der Waals surface area contributed by atoms with E-state index in [0.29, 0.717) is 13.2 Å². The van der Waals surface area contributed by atoms with Crippen molar-refractivity contribution in [1.29, 1.82) is 0 Å². The molecule has 202 valence electrons. The highest BCUT2D eigenvalue weighted by molar-refractivity contribution is 5.72. The number of hydrogen-bond donors (Lipinski definition) is 0. The minimum atomic E-state index is 0.0782. The van der Waals surface area contributed by atoms with Crippen molar-refractivity contribution in [3.8, 4) is 22.6 Å². The maximum absolute atomic E-state index is 14.5. The van der Waals surface area contributed by atoms with Gasteiger partial charge in [-0.25, -0.2) is 0 Å². The third-order valence-electron chi connectivity index (χ3n) is 7.90. The smallest absolute Gasteiger partial charge is 0.261 e. The number of likely N-dealkylation sites (N-methyl/N-ethyl adjacent to an activating group) is 2. The van der Waals surface area contributed by atoms with E-state index in [1.54, 1.807) is 0 Å². The lowest BCUT2D eigenvalue weighted by Gasteiger charge is -2.37. The van der Waals surface area contributed by atoms with Crippen LogP contribution in [-0.4, -0.2) is 91.8 Å². The Morgan fingerprint density at radius 3 is 2.08 bits per heavy atom. The average Bonchev–Trinajstić information content (AvgIpc) is 2.96. The molecule has 3 heterocycles. The number of aromatic nitrogens is 1. The Labute approximate surface area is 226 Å². The SMILES string of the molecule is CCOc1ccc(-c2cc(N3CCN(C)CC3)n(-c3ccccc3)c(=O)c2CN2CCN(CC)CC2)cc1. The highest BCUT2D eigenvalue weighted by Gasteiger charge is 2.25. The van der Waals surface area contributed by atoms with E-state index in [1.165, 1.54) is 0 Å². The highest BCUT2D eigenvalue weighted by Crippen LogP contribution is 2.31. The molecule has 2 aromatic carbocycles. The first kappa shape index (κ1) is 26.5. The first-order valence-electron chi connectivity index (χ1n) is 14.0. The molecule has 2 saturated heterocycles. The molecule has 38 heavy (non-hydrogen) atoms. The van der Waals surface area contributed by atoms with Gasteiger partial charge in [-0.15, -0.1) is 0 Å². The summed E-state index contributed by atoms with van der Waals surface area (Å²) in [6.07, 6.45) is 0. The third kappa shape index (κ3) is 5.80. The average molecular weight is 516 g/mol. The summed E-state index contributed by atoms with van der Waals surface area (Å²) in [7, 11) is 2.16. The monoisotopic (exact) mass is 515 g/mol. The van der Waals surface area contributed by atoms with Crippen molar-refractivity contribution in [3.05, 3.63) is 76.6 Å². The fraction of sp³-hybridized carbons (Fsp3) is 0.452. The van der Waals surface area contributed by atoms with E-state index in [2.05, 4.69) is 51.8 Å². The van der Waals surface area contributed by atoms with E-state index in [1.807, 2.05) is 54.0 Å². The summed E-state index contributed by atoms with van der Waals surface area (Å²) in [6, 6.07) is 20.6. The van der Waals surface area contributed by atoms with Crippen LogP contribution < -0.4 is 15.2 Å². The normalized spacial score (nSPS) is 17.6. The number of piperazine rings is 2. The van der Waals surface area contributed by atoms with Crippen molar-refractivity contribution >= 4 is 5.82 Å². The summed E-state index contributed by atoms with van der Waals surface area (Å²) in [4.78, 5) is 24.1. The van der Waals surface area contributed by atoms with E-state index in [9.17, 15) is 4.79 Å². The molecule has 0 amide bonds. The zero-order valence-corrected chi connectivity index (χ0v) is 23.1. The number of pyridine rings is 1. The molecule has 0 radical (unpaired) electrons. The van der Waals surface area contributed by atoms with Gasteiger partial charge in [0.2, 0.25) is 0 Å². The van der Waals surface area contributed by atoms with Crippen molar-refractivity contribution in [2.24, 2.45) is 0 Å². The molecule has 0 bridgehead atoms. The van der Waals surface area contributed by atoms with Crippen molar-refractivity contribution in [2.75, 3.05) is 77.5 Å². The number of para-hydroxylation sites is 1. The zero-order valence-electron chi connectivity index (χ0n) is 23.1. The number of benzene rings is 2. The third-order valence-corrected chi connectivity index (χ3v) is 7.90. The van der Waals surface area contributed by atoms with E-state index >= 15 is 0 Å². The minimum absolute atomic E-state index is 0.0782. The van der Waals surface area contributed by atoms with Gasteiger partial charge in [0.05, 0.1) is 12.3 Å². The second-order valence-corrected chi connectivity index (χ2v) is 10.3. The van der Waals surface area contributed by atoms with Crippen LogP contribution in [0.2, 0.25) is 0 Å². The Balaban J connectivity index is 1.63. The fourth-order valence-corrected chi connectivity index (χ4v) is 5.52. The highest BCUT2D eigenvalue weighted by atomic mass is 16.5. The Bertz CT molecular complexity index is 1240. The van der Waals surface area contributed by atoms with Crippen molar-refractivity contribution in [1.82, 2.24) is 19.3 Å². The van der Waals surface area contributed by atoms with Crippen LogP contribution in [0.15, 0.2) is 65.5 Å². The number of nitrogens with zero attached hydrogens (tertiary/aromatic N) is 5. The van der Waals surface area contributed by atoms with E-state index in [4.69, 9.17) is 4.74 Å². The van der Waals surface area contributed by atoms with Crippen molar-refractivity contribution in [3.63, 3.8) is 0 Å². The number of hydrogen-bond acceptors (Lipinski definition) is 6. The van der Waals surface area contributed by atoms with Crippen LogP contribution in [0.4, 0.5) is 5.82 Å². The Hall–Kier alpha value is -3.13. The predicted octanol–water partition coefficient (Wildman–Crippen LogP) is 3.79. The molecule has 0 saturated carbocycles. The number of anilines is 1. The quantitative estimate of drug-likeness (QED) is 0.455. The summed E-state index contributed by atoms with van der Waals surface area (Å²) in [5.74, 6) is 1.82. The van der Waals surface area contributed by atoms with Crippen LogP contribution in [0, 0.1) is 0 Å². The maximum atomic E-state index is 14.5. The van der Waals surface area contributed by atoms with Crippen LogP contribution in [0.3, 0.4) is 0 Å². The molecular weight excluding hydrogens is 474 g/mol. The Morgan fingerprint density at radius 2 is 1.45 bits per heavy atom. The summed E-state index contributed by atoms with van der Waals surface area (Å²) in [5, 5.41) is 0. The lowest BCUT2D eigenvalue weighted by atomic mass is 9.99. The molecule has 7 nitrogen and oxygen atoms in total. The summed E-state index contributed by atoms with van der Waals surface area (Å²) < 4.78 is 7.65. The summed E-state index contributed by atoms with van der Waals surface area (Å²) >= 11 is 0. The molecule has 0 atom stereocenters. The van der Waals surface area contributed by atoms with Gasteiger partial charge in [-0.1, -0.05) is 37.3 Å². The van der Waals surface area contributed by atoms with Gasteiger partial charge in [-0.05, 0) is 62.0 Å². The summed E-state index contributed by atoms with van der Waals surface area (Å²) in [6.45, 7) is 14.3. The maximum Gasteiger partial charge on any atom is 0.261 e. The first-order chi connectivity index (χ1) is 18.6. The molecule has 0 unspecified atom stereocenters. The first-order valence-corrected chi connectivity index (χ1v) is 14.0. The molecule has 2 aliphatic heterocycles. The van der Waals surface area contributed by atoms with Crippen LogP contribution in [0.5, 0.6) is 5.75 Å². The molecule has 2 aliphatic rings. The van der Waals surface area contributed by atoms with Gasteiger partial charge in [0.15, 0.2) is 0 Å². The molecule has 3 aromatic rings. The zero-order chi connectivity index (χ0) is 26.5. The van der Waals surface area contributed by atoms with E-state index in [0.717, 1.165) is 92.8 Å². The molecule has 5 rings (SSSR count). The van der Waals surface area contributed by atoms with Gasteiger partial charge in [0.25, 0.3) is 5.56 Å². The lowest BCUT2D eigenvalue weighted by Crippen LogP contribution is -2.47. The van der Waals surface area contributed by atoms with Gasteiger partial charge in [0, 0.05) is 64.5 Å². The molecule has 0 aliphatic carbocycles. The summed E-state index contributed by atoms with van der Waals surface area (Å²) in [5.41, 5.74) is 3.94. The minimum Gasteiger partial charge on any atom is -0.494 e. The second kappa shape index (κ2) is 12.2. The van der Waals surface area contributed by atoms with E-state index in [-0.39, 0.29) is 5.56 Å². The Kier molecular flexibility index (Phi) is 8.47.